The van der Waals surface area contributed by atoms with Crippen LogP contribution in [-0.4, -0.2) is 9.97 Å². The van der Waals surface area contributed by atoms with Crippen molar-refractivity contribution in [2.75, 3.05) is 0 Å². The van der Waals surface area contributed by atoms with Crippen molar-refractivity contribution in [1.29, 1.82) is 0 Å². The van der Waals surface area contributed by atoms with Crippen LogP contribution in [0, 0.1) is 6.92 Å². The normalized spacial score (nSPS) is 11.1. The van der Waals surface area contributed by atoms with Gasteiger partial charge in [0.15, 0.2) is 0 Å². The van der Waals surface area contributed by atoms with E-state index in [1.807, 2.05) is 30.3 Å². The Bertz CT molecular complexity index is 734. The minimum absolute atomic E-state index is 0.682. The molecule has 0 aliphatic heterocycles. The molecule has 1 heterocycles. The Hall–Kier alpha value is -1.32. The minimum Gasteiger partial charge on any atom is -0.338 e. The first-order chi connectivity index (χ1) is 8.65. The average molecular weight is 322 g/mol. The number of nitrogens with one attached hydrogen (secondary N) is 1. The fourth-order valence-corrected chi connectivity index (χ4v) is 2.75. The predicted molar refractivity (Wildman–Crippen MR) is 79.0 cm³/mol. The fraction of sp³-hybridized carbons (Fsp3) is 0.0714. The molecule has 1 aromatic heterocycles. The molecule has 1 N–H and O–H groups in total. The number of rotatable bonds is 1. The maximum atomic E-state index is 6.24. The molecule has 0 unspecified atom stereocenters. The summed E-state index contributed by atoms with van der Waals surface area (Å²) in [4.78, 5) is 7.92. The second-order valence-corrected chi connectivity index (χ2v) is 5.50. The van der Waals surface area contributed by atoms with Crippen LogP contribution < -0.4 is 0 Å². The lowest BCUT2D eigenvalue weighted by Gasteiger charge is -2.00. The molecule has 0 bridgehead atoms. The molecule has 4 heteroatoms. The van der Waals surface area contributed by atoms with Crippen molar-refractivity contribution in [1.82, 2.24) is 9.97 Å². The van der Waals surface area contributed by atoms with Gasteiger partial charge in [0, 0.05) is 10.0 Å². The van der Waals surface area contributed by atoms with Crippen molar-refractivity contribution < 1.29 is 0 Å². The number of para-hydroxylation sites is 1. The Morgan fingerprint density at radius 1 is 1.22 bits per heavy atom. The lowest BCUT2D eigenvalue weighted by Crippen LogP contribution is -1.82. The van der Waals surface area contributed by atoms with Gasteiger partial charge in [-0.1, -0.05) is 39.7 Å². The SMILES string of the molecule is Cc1cccc2[nH]c(-c3ccc(Br)cc3Cl)nc12. The number of nitrogens with zero attached hydrogens (tertiary/aromatic N) is 1. The van der Waals surface area contributed by atoms with E-state index in [-0.39, 0.29) is 0 Å². The first-order valence-corrected chi connectivity index (χ1v) is 6.73. The number of aromatic amines is 1. The van der Waals surface area contributed by atoms with Gasteiger partial charge < -0.3 is 4.98 Å². The molecule has 3 aromatic rings. The fourth-order valence-electron chi connectivity index (χ4n) is 1.98. The average Bonchev–Trinajstić information content (AvgIpc) is 2.74. The van der Waals surface area contributed by atoms with Crippen molar-refractivity contribution >= 4 is 38.6 Å². The Morgan fingerprint density at radius 3 is 2.78 bits per heavy atom. The quantitative estimate of drug-likeness (QED) is 0.674. The van der Waals surface area contributed by atoms with Crippen LogP contribution in [-0.2, 0) is 0 Å². The highest BCUT2D eigenvalue weighted by molar-refractivity contribution is 9.10. The smallest absolute Gasteiger partial charge is 0.140 e. The second-order valence-electron chi connectivity index (χ2n) is 4.18. The number of imidazole rings is 1. The molecular weight excluding hydrogens is 312 g/mol. The number of hydrogen-bond donors (Lipinski definition) is 1. The van der Waals surface area contributed by atoms with Crippen molar-refractivity contribution in [2.45, 2.75) is 6.92 Å². The molecular formula is C14H10BrClN2. The number of aryl methyl sites for hydroxylation is 1. The van der Waals surface area contributed by atoms with Crippen LogP contribution in [0.3, 0.4) is 0 Å². The molecule has 0 amide bonds. The number of benzene rings is 2. The lowest BCUT2D eigenvalue weighted by atomic mass is 10.2. The standard InChI is InChI=1S/C14H10BrClN2/c1-8-3-2-4-12-13(8)18-14(17-12)10-6-5-9(15)7-11(10)16/h2-7H,1H3,(H,17,18). The van der Waals surface area contributed by atoms with Crippen LogP contribution in [0.4, 0.5) is 0 Å². The third kappa shape index (κ3) is 1.93. The summed E-state index contributed by atoms with van der Waals surface area (Å²) in [5.74, 6) is 0.803. The molecule has 0 aliphatic carbocycles. The van der Waals surface area contributed by atoms with Gasteiger partial charge in [-0.3, -0.25) is 0 Å². The third-order valence-corrected chi connectivity index (χ3v) is 3.71. The molecule has 2 aromatic carbocycles. The summed E-state index contributed by atoms with van der Waals surface area (Å²) >= 11 is 9.64. The topological polar surface area (TPSA) is 28.7 Å². The third-order valence-electron chi connectivity index (χ3n) is 2.90. The van der Waals surface area contributed by atoms with E-state index in [2.05, 4.69) is 38.9 Å². The molecule has 0 atom stereocenters. The van der Waals surface area contributed by atoms with Crippen LogP contribution in [0.15, 0.2) is 40.9 Å². The molecule has 2 nitrogen and oxygen atoms in total. The summed E-state index contributed by atoms with van der Waals surface area (Å²) in [6.45, 7) is 2.05. The second kappa shape index (κ2) is 4.41. The maximum absolute atomic E-state index is 6.24. The molecule has 0 fully saturated rings. The van der Waals surface area contributed by atoms with E-state index in [0.717, 1.165) is 32.5 Å². The van der Waals surface area contributed by atoms with Crippen LogP contribution in [0.25, 0.3) is 22.4 Å². The number of hydrogen-bond acceptors (Lipinski definition) is 1. The highest BCUT2D eigenvalue weighted by Gasteiger charge is 2.10. The van der Waals surface area contributed by atoms with Gasteiger partial charge in [0.1, 0.15) is 5.82 Å². The Kier molecular flexibility index (Phi) is 2.88. The summed E-state index contributed by atoms with van der Waals surface area (Å²) in [7, 11) is 0. The highest BCUT2D eigenvalue weighted by atomic mass is 79.9. The predicted octanol–water partition coefficient (Wildman–Crippen LogP) is 4.95. The minimum atomic E-state index is 0.682. The van der Waals surface area contributed by atoms with Crippen molar-refractivity contribution in [3.8, 4) is 11.4 Å². The number of H-pyrrole nitrogens is 1. The van der Waals surface area contributed by atoms with Gasteiger partial charge in [0.2, 0.25) is 0 Å². The maximum Gasteiger partial charge on any atom is 0.140 e. The van der Waals surface area contributed by atoms with E-state index < -0.39 is 0 Å². The van der Waals surface area contributed by atoms with Crippen LogP contribution >= 0.6 is 27.5 Å². The molecule has 0 saturated carbocycles. The molecule has 18 heavy (non-hydrogen) atoms. The van der Waals surface area contributed by atoms with Crippen molar-refractivity contribution in [3.05, 3.63) is 51.5 Å². The lowest BCUT2D eigenvalue weighted by molar-refractivity contribution is 1.33. The summed E-state index contributed by atoms with van der Waals surface area (Å²) in [6.07, 6.45) is 0. The Balaban J connectivity index is 2.23. The first kappa shape index (κ1) is 11.8. The zero-order chi connectivity index (χ0) is 12.7. The first-order valence-electron chi connectivity index (χ1n) is 5.56. The van der Waals surface area contributed by atoms with E-state index in [1.54, 1.807) is 0 Å². The Labute approximate surface area is 118 Å². The van der Waals surface area contributed by atoms with E-state index >= 15 is 0 Å². The monoisotopic (exact) mass is 320 g/mol. The van der Waals surface area contributed by atoms with Gasteiger partial charge >= 0.3 is 0 Å². The zero-order valence-electron chi connectivity index (χ0n) is 9.67. The molecule has 0 spiro atoms. The van der Waals surface area contributed by atoms with E-state index in [9.17, 15) is 0 Å². The van der Waals surface area contributed by atoms with Gasteiger partial charge in [-0.25, -0.2) is 4.98 Å². The van der Waals surface area contributed by atoms with Gasteiger partial charge in [-0.05, 0) is 36.8 Å². The number of fused-ring (bicyclic) bond motifs is 1. The molecule has 0 radical (unpaired) electrons. The zero-order valence-corrected chi connectivity index (χ0v) is 12.0. The van der Waals surface area contributed by atoms with Crippen LogP contribution in [0.2, 0.25) is 5.02 Å². The van der Waals surface area contributed by atoms with Crippen molar-refractivity contribution in [3.63, 3.8) is 0 Å². The van der Waals surface area contributed by atoms with Crippen molar-refractivity contribution in [2.24, 2.45) is 0 Å². The van der Waals surface area contributed by atoms with Gasteiger partial charge in [0.25, 0.3) is 0 Å². The summed E-state index contributed by atoms with van der Waals surface area (Å²) in [6, 6.07) is 11.9. The van der Waals surface area contributed by atoms with Crippen LogP contribution in [0.5, 0.6) is 0 Å². The van der Waals surface area contributed by atoms with Crippen LogP contribution in [0.1, 0.15) is 5.56 Å². The number of aromatic nitrogens is 2. The summed E-state index contributed by atoms with van der Waals surface area (Å²) < 4.78 is 0.962. The van der Waals surface area contributed by atoms with E-state index in [0.29, 0.717) is 5.02 Å². The Morgan fingerprint density at radius 2 is 2.06 bits per heavy atom. The van der Waals surface area contributed by atoms with Gasteiger partial charge in [-0.2, -0.15) is 0 Å². The number of halogens is 2. The highest BCUT2D eigenvalue weighted by Crippen LogP contribution is 2.30. The molecule has 3 rings (SSSR count). The van der Waals surface area contributed by atoms with E-state index in [1.165, 1.54) is 0 Å². The molecule has 0 saturated heterocycles. The molecule has 0 aliphatic rings. The largest absolute Gasteiger partial charge is 0.338 e. The van der Waals surface area contributed by atoms with Gasteiger partial charge in [-0.15, -0.1) is 0 Å². The summed E-state index contributed by atoms with van der Waals surface area (Å²) in [5.41, 5.74) is 4.09. The van der Waals surface area contributed by atoms with Gasteiger partial charge in [0.05, 0.1) is 16.1 Å². The van der Waals surface area contributed by atoms with E-state index in [4.69, 9.17) is 11.6 Å². The summed E-state index contributed by atoms with van der Waals surface area (Å²) in [5, 5.41) is 0.682. The molecule has 90 valence electrons.